The summed E-state index contributed by atoms with van der Waals surface area (Å²) in [6.07, 6.45) is 1.73. The molecule has 0 bridgehead atoms. The summed E-state index contributed by atoms with van der Waals surface area (Å²) in [5, 5.41) is 4.28. The maximum Gasteiger partial charge on any atom is 0.259 e. The van der Waals surface area contributed by atoms with Gasteiger partial charge in [-0.05, 0) is 42.5 Å². The van der Waals surface area contributed by atoms with Crippen LogP contribution >= 0.6 is 11.6 Å². The molecule has 4 nitrogen and oxygen atoms in total. The van der Waals surface area contributed by atoms with Gasteiger partial charge in [0.2, 0.25) is 0 Å². The fraction of sp³-hybridized carbons (Fsp3) is 0.0588. The normalized spacial score (nSPS) is 10.5. The lowest BCUT2D eigenvalue weighted by Gasteiger charge is -2.10. The van der Waals surface area contributed by atoms with Crippen molar-refractivity contribution in [3.05, 3.63) is 65.3 Å². The Hall–Kier alpha value is -2.59. The van der Waals surface area contributed by atoms with Gasteiger partial charge < -0.3 is 10.1 Å². The van der Waals surface area contributed by atoms with E-state index in [1.54, 1.807) is 24.4 Å². The minimum atomic E-state index is -0.275. The van der Waals surface area contributed by atoms with Crippen LogP contribution in [0.2, 0.25) is 5.02 Å². The zero-order valence-electron chi connectivity index (χ0n) is 11.8. The van der Waals surface area contributed by atoms with Crippen molar-refractivity contribution in [2.24, 2.45) is 0 Å². The van der Waals surface area contributed by atoms with Crippen LogP contribution in [0.3, 0.4) is 0 Å². The van der Waals surface area contributed by atoms with Crippen molar-refractivity contribution in [1.82, 2.24) is 4.98 Å². The zero-order valence-corrected chi connectivity index (χ0v) is 12.6. The highest BCUT2D eigenvalue weighted by Gasteiger charge is 2.13. The van der Waals surface area contributed by atoms with Crippen LogP contribution in [-0.4, -0.2) is 18.0 Å². The third-order valence-electron chi connectivity index (χ3n) is 3.27. The Bertz CT molecular complexity index is 849. The van der Waals surface area contributed by atoms with E-state index >= 15 is 0 Å². The average molecular weight is 313 g/mol. The number of nitrogens with zero attached hydrogens (tertiary/aromatic N) is 1. The van der Waals surface area contributed by atoms with E-state index in [0.29, 0.717) is 22.0 Å². The van der Waals surface area contributed by atoms with E-state index in [1.807, 2.05) is 30.3 Å². The highest BCUT2D eigenvalue weighted by Crippen LogP contribution is 2.24. The van der Waals surface area contributed by atoms with Gasteiger partial charge in [-0.15, -0.1) is 0 Å². The minimum Gasteiger partial charge on any atom is -0.496 e. The van der Waals surface area contributed by atoms with Crippen molar-refractivity contribution < 1.29 is 9.53 Å². The summed E-state index contributed by atoms with van der Waals surface area (Å²) in [5.74, 6) is 0.201. The van der Waals surface area contributed by atoms with Crippen molar-refractivity contribution in [1.29, 1.82) is 0 Å². The van der Waals surface area contributed by atoms with Gasteiger partial charge in [-0.25, -0.2) is 0 Å². The van der Waals surface area contributed by atoms with Gasteiger partial charge in [0, 0.05) is 22.3 Å². The van der Waals surface area contributed by atoms with Crippen LogP contribution in [0.5, 0.6) is 5.75 Å². The van der Waals surface area contributed by atoms with E-state index in [9.17, 15) is 4.79 Å². The molecule has 0 saturated carbocycles. The first-order chi connectivity index (χ1) is 10.7. The number of anilines is 1. The van der Waals surface area contributed by atoms with Crippen LogP contribution in [0.1, 0.15) is 10.4 Å². The summed E-state index contributed by atoms with van der Waals surface area (Å²) >= 11 is 5.96. The lowest BCUT2D eigenvalue weighted by molar-refractivity contribution is 0.102. The van der Waals surface area contributed by atoms with Gasteiger partial charge in [0.15, 0.2) is 0 Å². The number of amides is 1. The first-order valence-electron chi connectivity index (χ1n) is 6.67. The van der Waals surface area contributed by atoms with Crippen LogP contribution in [0.4, 0.5) is 5.69 Å². The Morgan fingerprint density at radius 3 is 2.86 bits per heavy atom. The largest absolute Gasteiger partial charge is 0.496 e. The highest BCUT2D eigenvalue weighted by atomic mass is 35.5. The van der Waals surface area contributed by atoms with Crippen molar-refractivity contribution >= 4 is 34.1 Å². The third-order valence-corrected chi connectivity index (χ3v) is 3.50. The first-order valence-corrected chi connectivity index (χ1v) is 7.05. The summed E-state index contributed by atoms with van der Waals surface area (Å²) in [6.45, 7) is 0. The average Bonchev–Trinajstić information content (AvgIpc) is 2.54. The monoisotopic (exact) mass is 312 g/mol. The Balaban J connectivity index is 1.91. The van der Waals surface area contributed by atoms with E-state index in [1.165, 1.54) is 7.11 Å². The summed E-state index contributed by atoms with van der Waals surface area (Å²) in [6, 6.07) is 14.3. The maximum absolute atomic E-state index is 12.4. The molecular weight excluding hydrogens is 300 g/mol. The fourth-order valence-corrected chi connectivity index (χ4v) is 2.38. The van der Waals surface area contributed by atoms with Gasteiger partial charge in [-0.1, -0.05) is 17.7 Å². The molecule has 1 heterocycles. The highest BCUT2D eigenvalue weighted by molar-refractivity contribution is 6.31. The van der Waals surface area contributed by atoms with E-state index in [2.05, 4.69) is 10.3 Å². The molecular formula is C17H13ClN2O2. The number of pyridine rings is 1. The summed E-state index contributed by atoms with van der Waals surface area (Å²) in [5.41, 5.74) is 1.95. The molecule has 3 aromatic rings. The molecule has 2 aromatic carbocycles. The second-order valence-corrected chi connectivity index (χ2v) is 5.15. The minimum absolute atomic E-state index is 0.275. The number of carbonyl (C=O) groups excluding carboxylic acids is 1. The maximum atomic E-state index is 12.4. The molecule has 1 N–H and O–H groups in total. The topological polar surface area (TPSA) is 51.2 Å². The van der Waals surface area contributed by atoms with Crippen LogP contribution in [0, 0.1) is 0 Å². The molecule has 3 rings (SSSR count). The molecule has 0 atom stereocenters. The molecule has 110 valence electrons. The second kappa shape index (κ2) is 6.03. The molecule has 0 unspecified atom stereocenters. The Kier molecular flexibility index (Phi) is 3.94. The number of benzene rings is 2. The summed E-state index contributed by atoms with van der Waals surface area (Å²) in [7, 11) is 1.52. The SMILES string of the molecule is COc1ccc(Cl)cc1C(=O)Nc1ccc2ncccc2c1. The Labute approximate surface area is 132 Å². The van der Waals surface area contributed by atoms with Crippen molar-refractivity contribution in [2.75, 3.05) is 12.4 Å². The van der Waals surface area contributed by atoms with Crippen molar-refractivity contribution in [2.45, 2.75) is 0 Å². The van der Waals surface area contributed by atoms with Crippen LogP contribution in [-0.2, 0) is 0 Å². The van der Waals surface area contributed by atoms with Crippen molar-refractivity contribution in [3.8, 4) is 5.75 Å². The molecule has 0 saturated heterocycles. The molecule has 0 aliphatic carbocycles. The molecule has 0 aliphatic rings. The van der Waals surface area contributed by atoms with Gasteiger partial charge in [-0.3, -0.25) is 9.78 Å². The molecule has 0 fully saturated rings. The molecule has 22 heavy (non-hydrogen) atoms. The van der Waals surface area contributed by atoms with Crippen LogP contribution in [0.25, 0.3) is 10.9 Å². The number of rotatable bonds is 3. The molecule has 0 radical (unpaired) electrons. The van der Waals surface area contributed by atoms with Gasteiger partial charge in [0.1, 0.15) is 5.75 Å². The smallest absolute Gasteiger partial charge is 0.259 e. The van der Waals surface area contributed by atoms with Gasteiger partial charge in [0.25, 0.3) is 5.91 Å². The molecule has 5 heteroatoms. The number of halogens is 1. The number of hydrogen-bond acceptors (Lipinski definition) is 3. The lowest BCUT2D eigenvalue weighted by Crippen LogP contribution is -2.13. The summed E-state index contributed by atoms with van der Waals surface area (Å²) < 4.78 is 5.20. The number of methoxy groups -OCH3 is 1. The zero-order chi connectivity index (χ0) is 15.5. The fourth-order valence-electron chi connectivity index (χ4n) is 2.21. The number of ether oxygens (including phenoxy) is 1. The number of hydrogen-bond donors (Lipinski definition) is 1. The first kappa shape index (κ1) is 14.4. The second-order valence-electron chi connectivity index (χ2n) is 4.71. The molecule has 1 amide bonds. The molecule has 0 spiro atoms. The van der Waals surface area contributed by atoms with E-state index in [0.717, 1.165) is 10.9 Å². The van der Waals surface area contributed by atoms with Gasteiger partial charge in [0.05, 0.1) is 18.2 Å². The van der Waals surface area contributed by atoms with Crippen molar-refractivity contribution in [3.63, 3.8) is 0 Å². The Morgan fingerprint density at radius 1 is 1.18 bits per heavy atom. The molecule has 0 aliphatic heterocycles. The predicted molar refractivity (Wildman–Crippen MR) is 87.7 cm³/mol. The summed E-state index contributed by atoms with van der Waals surface area (Å²) in [4.78, 5) is 16.7. The number of fused-ring (bicyclic) bond motifs is 1. The predicted octanol–water partition coefficient (Wildman–Crippen LogP) is 4.15. The van der Waals surface area contributed by atoms with Crippen LogP contribution < -0.4 is 10.1 Å². The number of carbonyl (C=O) groups is 1. The van der Waals surface area contributed by atoms with E-state index in [4.69, 9.17) is 16.3 Å². The third kappa shape index (κ3) is 2.87. The standard InChI is InChI=1S/C17H13ClN2O2/c1-22-16-7-4-12(18)10-14(16)17(21)20-13-5-6-15-11(9-13)3-2-8-19-15/h2-10H,1H3,(H,20,21). The van der Waals surface area contributed by atoms with E-state index < -0.39 is 0 Å². The number of nitrogens with one attached hydrogen (secondary N) is 1. The quantitative estimate of drug-likeness (QED) is 0.790. The van der Waals surface area contributed by atoms with Gasteiger partial charge >= 0.3 is 0 Å². The lowest BCUT2D eigenvalue weighted by atomic mass is 10.1. The number of aromatic nitrogens is 1. The van der Waals surface area contributed by atoms with Crippen LogP contribution in [0.15, 0.2) is 54.7 Å². The molecule has 1 aromatic heterocycles. The Morgan fingerprint density at radius 2 is 2.05 bits per heavy atom. The van der Waals surface area contributed by atoms with E-state index in [-0.39, 0.29) is 5.91 Å². The van der Waals surface area contributed by atoms with Gasteiger partial charge in [-0.2, -0.15) is 0 Å².